The Balaban J connectivity index is 1.44. The van der Waals surface area contributed by atoms with Crippen LogP contribution in [0.5, 0.6) is 5.88 Å². The number of carbonyl (C=O) groups excluding carboxylic acids is 5. The Morgan fingerprint density at radius 3 is 2.47 bits per heavy atom. The van der Waals surface area contributed by atoms with Gasteiger partial charge in [-0.1, -0.05) is 28.1 Å². The molecule has 3 unspecified atom stereocenters. The van der Waals surface area contributed by atoms with E-state index in [1.54, 1.807) is 46.9 Å². The van der Waals surface area contributed by atoms with Gasteiger partial charge in [-0.3, -0.25) is 19.2 Å². The number of carbonyl (C=O) groups is 5. The Morgan fingerprint density at radius 1 is 1.11 bits per heavy atom. The first-order valence-electron chi connectivity index (χ1n) is 17.7. The van der Waals surface area contributed by atoms with Gasteiger partial charge in [0.2, 0.25) is 27.7 Å². The highest BCUT2D eigenvalue weighted by molar-refractivity contribution is 9.10. The Morgan fingerprint density at radius 2 is 1.83 bits per heavy atom. The van der Waals surface area contributed by atoms with Crippen LogP contribution in [0.25, 0.3) is 10.8 Å². The maximum atomic E-state index is 14.5. The summed E-state index contributed by atoms with van der Waals surface area (Å²) in [7, 11) is -3.81. The highest BCUT2D eigenvalue weighted by Gasteiger charge is 2.47. The Kier molecular flexibility index (Phi) is 12.3. The molecule has 14 nitrogen and oxygen atoms in total. The molecule has 2 saturated carbocycles. The Hall–Kier alpha value is -4.31. The van der Waals surface area contributed by atoms with Crippen LogP contribution >= 0.6 is 15.9 Å². The first kappa shape index (κ1) is 39.9. The number of nitrogens with one attached hydrogen (secondary N) is 2. The molecule has 1 aromatic carbocycles. The summed E-state index contributed by atoms with van der Waals surface area (Å²) < 4.78 is 39.3. The number of alkyl carbamates (subject to hydrolysis) is 1. The first-order valence-corrected chi connectivity index (χ1v) is 20.0. The number of rotatable bonds is 14. The van der Waals surface area contributed by atoms with Gasteiger partial charge in [0.05, 0.1) is 11.8 Å². The average Bonchev–Trinajstić information content (AvgIpc) is 4.03. The van der Waals surface area contributed by atoms with Gasteiger partial charge in [-0.15, -0.1) is 0 Å². The van der Waals surface area contributed by atoms with Crippen molar-refractivity contribution < 1.29 is 41.9 Å². The number of fused-ring (bicyclic) bond motifs is 1. The van der Waals surface area contributed by atoms with Gasteiger partial charge in [0.1, 0.15) is 23.8 Å². The second kappa shape index (κ2) is 16.4. The lowest BCUT2D eigenvalue weighted by atomic mass is 10.0. The van der Waals surface area contributed by atoms with E-state index in [1.807, 2.05) is 29.0 Å². The van der Waals surface area contributed by atoms with E-state index in [0.717, 1.165) is 15.9 Å². The standard InChI is InChI=1S/C37H46BrN5O9S/c1-6-22(2)31(44)14-13-29(40-36(48)52-37(3,4)5)34(46)43-21-26(51-33-28-19-24(38)8-7-23(28)15-17-39-33)20-30(43)35(47)42(25-9-10-25)18-16-32(45)41-53(49,50)27-11-12-27/h6-8,15-19,25-27,29-30H,9-14,20-21H2,1-5H3,(H,40,48)(H,41,45). The molecule has 0 bridgehead atoms. The van der Waals surface area contributed by atoms with Gasteiger partial charge in [-0.25, -0.2) is 22.9 Å². The number of halogens is 1. The number of ketones is 1. The summed E-state index contributed by atoms with van der Waals surface area (Å²) in [5.74, 6) is -1.91. The smallest absolute Gasteiger partial charge is 0.408 e. The van der Waals surface area contributed by atoms with E-state index in [4.69, 9.17) is 9.47 Å². The number of nitrogens with zero attached hydrogens (tertiary/aromatic N) is 3. The number of aromatic nitrogens is 1. The molecular formula is C37H46BrN5O9S. The van der Waals surface area contributed by atoms with E-state index < -0.39 is 62.9 Å². The molecule has 53 heavy (non-hydrogen) atoms. The van der Waals surface area contributed by atoms with E-state index in [1.165, 1.54) is 16.0 Å². The summed E-state index contributed by atoms with van der Waals surface area (Å²) in [5, 5.41) is 3.60. The third-order valence-electron chi connectivity index (χ3n) is 9.11. The number of allylic oxidation sites excluding steroid dienone is 2. The topological polar surface area (TPSA) is 181 Å². The largest absolute Gasteiger partial charge is 0.472 e. The highest BCUT2D eigenvalue weighted by Crippen LogP contribution is 2.34. The SMILES string of the molecule is CC=C(C)C(=O)CCC(NC(=O)OC(C)(C)C)C(=O)N1CC(Oc2nccc3ccc(Br)cc23)CC1C(=O)N(C=CC(=O)NS(=O)(=O)C1CC1)C1CC1. The summed E-state index contributed by atoms with van der Waals surface area (Å²) in [6.07, 6.45) is 6.13. The molecule has 3 atom stereocenters. The Labute approximate surface area is 317 Å². The number of likely N-dealkylation sites (tertiary alicyclic amines) is 1. The van der Waals surface area contributed by atoms with Gasteiger partial charge in [-0.2, -0.15) is 0 Å². The molecule has 16 heteroatoms. The molecular weight excluding hydrogens is 770 g/mol. The number of hydrogen-bond donors (Lipinski definition) is 2. The van der Waals surface area contributed by atoms with E-state index in [-0.39, 0.29) is 37.6 Å². The molecule has 286 valence electrons. The fourth-order valence-electron chi connectivity index (χ4n) is 5.95. The van der Waals surface area contributed by atoms with Crippen LogP contribution in [-0.2, 0) is 33.9 Å². The number of hydrogen-bond acceptors (Lipinski definition) is 10. The zero-order valence-electron chi connectivity index (χ0n) is 30.5. The quantitative estimate of drug-likeness (QED) is 0.255. The van der Waals surface area contributed by atoms with Crippen LogP contribution in [0.1, 0.15) is 79.6 Å². The molecule has 2 aliphatic carbocycles. The van der Waals surface area contributed by atoms with Crippen LogP contribution in [0.15, 0.2) is 58.9 Å². The average molecular weight is 817 g/mol. The van der Waals surface area contributed by atoms with Gasteiger partial charge >= 0.3 is 6.09 Å². The molecule has 2 aromatic rings. The number of amides is 4. The number of ether oxygens (including phenoxy) is 2. The van der Waals surface area contributed by atoms with E-state index in [9.17, 15) is 32.4 Å². The number of benzene rings is 1. The summed E-state index contributed by atoms with van der Waals surface area (Å²) in [4.78, 5) is 74.5. The predicted octanol–water partition coefficient (Wildman–Crippen LogP) is 4.67. The minimum Gasteiger partial charge on any atom is -0.472 e. The van der Waals surface area contributed by atoms with Crippen molar-refractivity contribution >= 4 is 66.3 Å². The van der Waals surface area contributed by atoms with Crippen LogP contribution < -0.4 is 14.8 Å². The van der Waals surface area contributed by atoms with Crippen LogP contribution in [-0.4, -0.2) is 94.4 Å². The predicted molar refractivity (Wildman–Crippen MR) is 200 cm³/mol. The third kappa shape index (κ3) is 10.6. The van der Waals surface area contributed by atoms with Gasteiger partial charge < -0.3 is 24.6 Å². The van der Waals surface area contributed by atoms with Crippen molar-refractivity contribution in [1.82, 2.24) is 24.8 Å². The van der Waals surface area contributed by atoms with Crippen LogP contribution in [0.4, 0.5) is 4.79 Å². The summed E-state index contributed by atoms with van der Waals surface area (Å²) in [5.41, 5.74) is -0.367. The number of pyridine rings is 1. The van der Waals surface area contributed by atoms with Crippen LogP contribution in [0.3, 0.4) is 0 Å². The minimum atomic E-state index is -3.81. The Bertz CT molecular complexity index is 1940. The van der Waals surface area contributed by atoms with Gasteiger partial charge in [0.15, 0.2) is 5.78 Å². The minimum absolute atomic E-state index is 0.0473. The molecule has 4 amide bonds. The maximum Gasteiger partial charge on any atom is 0.408 e. The van der Waals surface area contributed by atoms with Crippen molar-refractivity contribution in [3.05, 3.63) is 58.9 Å². The molecule has 1 saturated heterocycles. The lowest BCUT2D eigenvalue weighted by Gasteiger charge is -2.31. The molecule has 1 aromatic heterocycles. The zero-order valence-corrected chi connectivity index (χ0v) is 32.9. The van der Waals surface area contributed by atoms with E-state index in [0.29, 0.717) is 42.5 Å². The van der Waals surface area contributed by atoms with Crippen molar-refractivity contribution in [2.24, 2.45) is 0 Å². The third-order valence-corrected chi connectivity index (χ3v) is 11.4. The highest BCUT2D eigenvalue weighted by atomic mass is 79.9. The van der Waals surface area contributed by atoms with Crippen molar-refractivity contribution in [3.63, 3.8) is 0 Å². The summed E-state index contributed by atoms with van der Waals surface area (Å²) >= 11 is 3.49. The molecule has 5 rings (SSSR count). The second-order valence-corrected chi connectivity index (χ2v) is 17.5. The molecule has 3 fully saturated rings. The van der Waals surface area contributed by atoms with Crippen molar-refractivity contribution in [3.8, 4) is 5.88 Å². The fraction of sp³-hybridized carbons (Fsp3) is 0.514. The molecule has 2 heterocycles. The van der Waals surface area contributed by atoms with Crippen molar-refractivity contribution in [2.75, 3.05) is 6.54 Å². The van der Waals surface area contributed by atoms with Gasteiger partial charge in [-0.05, 0) is 95.9 Å². The van der Waals surface area contributed by atoms with E-state index in [2.05, 4.69) is 26.2 Å². The monoisotopic (exact) mass is 815 g/mol. The van der Waals surface area contributed by atoms with Gasteiger partial charge in [0.25, 0.3) is 5.91 Å². The van der Waals surface area contributed by atoms with Crippen LogP contribution in [0.2, 0.25) is 0 Å². The molecule has 0 spiro atoms. The lowest BCUT2D eigenvalue weighted by Crippen LogP contribution is -2.54. The van der Waals surface area contributed by atoms with E-state index >= 15 is 0 Å². The second-order valence-electron chi connectivity index (χ2n) is 14.6. The molecule has 3 aliphatic rings. The van der Waals surface area contributed by atoms with Crippen molar-refractivity contribution in [1.29, 1.82) is 0 Å². The maximum absolute atomic E-state index is 14.5. The zero-order chi connectivity index (χ0) is 38.7. The fourth-order valence-corrected chi connectivity index (χ4v) is 7.58. The normalized spacial score (nSPS) is 19.9. The van der Waals surface area contributed by atoms with Crippen LogP contribution in [0, 0.1) is 0 Å². The molecule has 1 aliphatic heterocycles. The number of sulfonamides is 1. The van der Waals surface area contributed by atoms with Crippen molar-refractivity contribution in [2.45, 2.75) is 115 Å². The first-order chi connectivity index (χ1) is 25.0. The lowest BCUT2D eigenvalue weighted by molar-refractivity contribution is -0.144. The van der Waals surface area contributed by atoms with Gasteiger partial charge in [0, 0.05) is 47.2 Å². The summed E-state index contributed by atoms with van der Waals surface area (Å²) in [6.45, 7) is 8.38. The summed E-state index contributed by atoms with van der Waals surface area (Å²) in [6, 6.07) is 4.88. The molecule has 2 N–H and O–H groups in total. The molecule has 0 radical (unpaired) electrons. The number of Topliss-reactive ketones (excluding diaryl/α,β-unsaturated/α-hetero) is 1.